The van der Waals surface area contributed by atoms with Gasteiger partial charge < -0.3 is 10.1 Å². The molecule has 216 valence electrons. The first-order valence-electron chi connectivity index (χ1n) is 15.1. The maximum atomic E-state index is 13.1. The van der Waals surface area contributed by atoms with Crippen LogP contribution in [0.2, 0.25) is 0 Å². The number of amides is 1. The Morgan fingerprint density at radius 3 is 2.12 bits per heavy atom. The molecule has 0 bridgehead atoms. The van der Waals surface area contributed by atoms with Crippen LogP contribution >= 0.6 is 11.3 Å². The van der Waals surface area contributed by atoms with Crippen LogP contribution in [0.1, 0.15) is 112 Å². The van der Waals surface area contributed by atoms with E-state index in [0.29, 0.717) is 24.5 Å². The molecule has 1 heterocycles. The van der Waals surface area contributed by atoms with Crippen molar-refractivity contribution < 1.29 is 18.9 Å². The van der Waals surface area contributed by atoms with E-state index in [2.05, 4.69) is 16.8 Å². The van der Waals surface area contributed by atoms with Gasteiger partial charge in [-0.3, -0.25) is 9.59 Å². The lowest BCUT2D eigenvalue weighted by Crippen LogP contribution is -2.31. The molecule has 0 fully saturated rings. The summed E-state index contributed by atoms with van der Waals surface area (Å²) in [5.74, 6) is 0.374. The van der Waals surface area contributed by atoms with E-state index in [1.54, 1.807) is 24.3 Å². The molecule has 6 heteroatoms. The average Bonchev–Trinajstić information content (AvgIpc) is 3.46. The van der Waals surface area contributed by atoms with Gasteiger partial charge in [0.1, 0.15) is 5.75 Å². The number of thiazole rings is 1. The van der Waals surface area contributed by atoms with Crippen LogP contribution in [0.25, 0.3) is 0 Å². The molecule has 3 aromatic rings. The summed E-state index contributed by atoms with van der Waals surface area (Å²) >= 11 is 1.64. The Hall–Kier alpha value is -2.99. The third-order valence-corrected chi connectivity index (χ3v) is 7.91. The predicted molar refractivity (Wildman–Crippen MR) is 165 cm³/mol. The number of carbonyl (C=O) groups excluding carboxylic acids is 2. The Morgan fingerprint density at radius 1 is 0.825 bits per heavy atom. The molecule has 0 saturated carbocycles. The van der Waals surface area contributed by atoms with E-state index in [9.17, 15) is 9.59 Å². The summed E-state index contributed by atoms with van der Waals surface area (Å²) in [5.41, 5.74) is 5.17. The molecule has 0 spiro atoms. The zero-order valence-electron chi connectivity index (χ0n) is 24.5. The third kappa shape index (κ3) is 11.2. The van der Waals surface area contributed by atoms with Gasteiger partial charge in [0.15, 0.2) is 18.5 Å². The summed E-state index contributed by atoms with van der Waals surface area (Å²) in [6.45, 7) is 5.05. The van der Waals surface area contributed by atoms with Crippen LogP contribution in [-0.2, 0) is 17.8 Å². The molecular weight excluding hydrogens is 516 g/mol. The fourth-order valence-electron chi connectivity index (χ4n) is 4.98. The summed E-state index contributed by atoms with van der Waals surface area (Å²) in [6.07, 6.45) is 17.6. The standard InChI is InChI=1S/C34H46N2O3S/c1-3-4-5-6-7-8-9-10-11-12-13-16-23-39-34-29(19-17-20-31(34)28(2)37)25-33(38)35-32-21-15-14-18-30(32)26-36-22-24-40-27-36/h14-15,17-22,24,27H,3-13,16,23,25-26H2,1-2H3/p+1. The summed E-state index contributed by atoms with van der Waals surface area (Å²) in [5, 5.41) is 5.11. The van der Waals surface area contributed by atoms with E-state index >= 15 is 0 Å². The molecule has 1 amide bonds. The van der Waals surface area contributed by atoms with Crippen LogP contribution in [0.5, 0.6) is 5.75 Å². The fourth-order valence-corrected chi connectivity index (χ4v) is 5.58. The first-order chi connectivity index (χ1) is 19.6. The maximum Gasteiger partial charge on any atom is 0.228 e. The molecule has 0 aliphatic rings. The quantitative estimate of drug-likeness (QED) is 0.0851. The van der Waals surface area contributed by atoms with Gasteiger partial charge in [-0.05, 0) is 25.5 Å². The first-order valence-corrected chi connectivity index (χ1v) is 16.1. The Bertz CT molecular complexity index is 1160. The minimum atomic E-state index is -0.126. The van der Waals surface area contributed by atoms with Crippen molar-refractivity contribution in [2.24, 2.45) is 0 Å². The molecule has 0 unspecified atom stereocenters. The largest absolute Gasteiger partial charge is 0.493 e. The van der Waals surface area contributed by atoms with Crippen molar-refractivity contribution in [3.63, 3.8) is 0 Å². The van der Waals surface area contributed by atoms with Gasteiger partial charge in [0.05, 0.1) is 29.7 Å². The molecule has 3 rings (SSSR count). The molecule has 1 aromatic heterocycles. The summed E-state index contributed by atoms with van der Waals surface area (Å²) in [6, 6.07) is 13.4. The summed E-state index contributed by atoms with van der Waals surface area (Å²) in [7, 11) is 0. The van der Waals surface area contributed by atoms with E-state index in [1.165, 1.54) is 64.2 Å². The summed E-state index contributed by atoms with van der Waals surface area (Å²) < 4.78 is 8.25. The van der Waals surface area contributed by atoms with Crippen LogP contribution in [-0.4, -0.2) is 18.3 Å². The van der Waals surface area contributed by atoms with E-state index in [-0.39, 0.29) is 18.1 Å². The van der Waals surface area contributed by atoms with Crippen molar-refractivity contribution in [2.45, 2.75) is 104 Å². The van der Waals surface area contributed by atoms with E-state index in [4.69, 9.17) is 4.74 Å². The first kappa shape index (κ1) is 31.5. The second kappa shape index (κ2) is 18.4. The Balaban J connectivity index is 1.46. The number of nitrogens with zero attached hydrogens (tertiary/aromatic N) is 1. The van der Waals surface area contributed by atoms with Gasteiger partial charge in [0, 0.05) is 11.1 Å². The second-order valence-corrected chi connectivity index (χ2v) is 11.4. The highest BCUT2D eigenvalue weighted by Gasteiger charge is 2.17. The number of para-hydroxylation sites is 2. The Morgan fingerprint density at radius 2 is 1.48 bits per heavy atom. The van der Waals surface area contributed by atoms with E-state index in [0.717, 1.165) is 29.7 Å². The van der Waals surface area contributed by atoms with Gasteiger partial charge in [-0.25, -0.2) is 0 Å². The number of unbranched alkanes of at least 4 members (excludes halogenated alkanes) is 11. The number of hydrogen-bond donors (Lipinski definition) is 1. The third-order valence-electron chi connectivity index (χ3n) is 7.24. The van der Waals surface area contributed by atoms with Crippen molar-refractivity contribution in [3.05, 3.63) is 76.2 Å². The molecule has 2 aromatic carbocycles. The number of aromatic nitrogens is 1. The Kier molecular flexibility index (Phi) is 14.5. The molecule has 0 atom stereocenters. The zero-order valence-corrected chi connectivity index (χ0v) is 25.3. The van der Waals surface area contributed by atoms with Crippen LogP contribution in [0.15, 0.2) is 59.6 Å². The number of rotatable bonds is 20. The van der Waals surface area contributed by atoms with Crippen molar-refractivity contribution in [3.8, 4) is 5.75 Å². The molecule has 5 nitrogen and oxygen atoms in total. The van der Waals surface area contributed by atoms with Crippen molar-refractivity contribution in [1.82, 2.24) is 0 Å². The van der Waals surface area contributed by atoms with Crippen molar-refractivity contribution in [2.75, 3.05) is 11.9 Å². The molecule has 0 saturated heterocycles. The molecule has 0 aliphatic carbocycles. The number of hydrogen-bond acceptors (Lipinski definition) is 4. The number of Topliss-reactive ketones (excluding diaryl/α,β-unsaturated/α-hetero) is 1. The highest BCUT2D eigenvalue weighted by molar-refractivity contribution is 7.07. The zero-order chi connectivity index (χ0) is 28.4. The number of nitrogens with one attached hydrogen (secondary N) is 1. The lowest BCUT2D eigenvalue weighted by molar-refractivity contribution is -0.683. The van der Waals surface area contributed by atoms with Crippen LogP contribution in [0.3, 0.4) is 0 Å². The highest BCUT2D eigenvalue weighted by atomic mass is 32.1. The van der Waals surface area contributed by atoms with Crippen molar-refractivity contribution in [1.29, 1.82) is 0 Å². The van der Waals surface area contributed by atoms with Gasteiger partial charge >= 0.3 is 0 Å². The molecular formula is C34H47N2O3S+. The number of anilines is 1. The SMILES string of the molecule is CCCCCCCCCCCCCCOc1c(CC(=O)Nc2ccccc2C[n+]2ccsc2)cccc1C(C)=O. The van der Waals surface area contributed by atoms with Gasteiger partial charge in [0.25, 0.3) is 0 Å². The lowest BCUT2D eigenvalue weighted by atomic mass is 10.0. The number of benzene rings is 2. The van der Waals surface area contributed by atoms with Gasteiger partial charge in [-0.15, -0.1) is 0 Å². The molecule has 40 heavy (non-hydrogen) atoms. The monoisotopic (exact) mass is 563 g/mol. The summed E-state index contributed by atoms with van der Waals surface area (Å²) in [4.78, 5) is 25.4. The lowest BCUT2D eigenvalue weighted by Gasteiger charge is -2.15. The van der Waals surface area contributed by atoms with Crippen LogP contribution in [0.4, 0.5) is 5.69 Å². The second-order valence-electron chi connectivity index (χ2n) is 10.7. The smallest absolute Gasteiger partial charge is 0.228 e. The van der Waals surface area contributed by atoms with Gasteiger partial charge in [-0.2, -0.15) is 4.57 Å². The normalized spacial score (nSPS) is 10.9. The number of ether oxygens (including phenoxy) is 1. The number of ketones is 1. The average molecular weight is 564 g/mol. The van der Waals surface area contributed by atoms with E-state index in [1.807, 2.05) is 53.5 Å². The maximum absolute atomic E-state index is 13.1. The minimum absolute atomic E-state index is 0.0508. The van der Waals surface area contributed by atoms with Crippen LogP contribution in [0, 0.1) is 0 Å². The molecule has 0 aliphatic heterocycles. The highest BCUT2D eigenvalue weighted by Crippen LogP contribution is 2.27. The van der Waals surface area contributed by atoms with Gasteiger partial charge in [0.2, 0.25) is 11.4 Å². The van der Waals surface area contributed by atoms with E-state index < -0.39 is 0 Å². The minimum Gasteiger partial charge on any atom is -0.493 e. The Labute approximate surface area is 245 Å². The van der Waals surface area contributed by atoms with Crippen molar-refractivity contribution >= 4 is 28.7 Å². The van der Waals surface area contributed by atoms with Crippen LogP contribution < -0.4 is 14.6 Å². The van der Waals surface area contributed by atoms with Gasteiger partial charge in [-0.1, -0.05) is 119 Å². The predicted octanol–water partition coefficient (Wildman–Crippen LogP) is 8.55. The fraction of sp³-hybridized carbons (Fsp3) is 0.500. The molecule has 1 N–H and O–H groups in total. The topological polar surface area (TPSA) is 59.3 Å². The molecule has 0 radical (unpaired) electrons. The number of carbonyl (C=O) groups is 2.